The highest BCUT2D eigenvalue weighted by atomic mass is 19.1. The van der Waals surface area contributed by atoms with Crippen molar-refractivity contribution in [3.8, 4) is 11.5 Å². The minimum Gasteiger partial charge on any atom is -0.457 e. The van der Waals surface area contributed by atoms with Gasteiger partial charge in [-0.15, -0.1) is 0 Å². The Morgan fingerprint density at radius 3 is 2.46 bits per heavy atom. The topological polar surface area (TPSA) is 67.6 Å². The lowest BCUT2D eigenvalue weighted by molar-refractivity contribution is 0.0946. The first-order valence-corrected chi connectivity index (χ1v) is 11.6. The third-order valence-corrected chi connectivity index (χ3v) is 5.66. The standard InChI is InChI=1S/C28H26FN3O3/c29-22-11-9-20(10-12-22)16-32(18-27-31-26(19-34-27)28(33)30-23-13-14-23)17-21-5-4-8-25(15-21)35-24-6-2-1-3-7-24/h1-12,15,19,23H,13-14,16-18H2,(H,30,33). The molecule has 1 aliphatic rings. The van der Waals surface area contributed by atoms with Crippen LogP contribution in [0.1, 0.15) is 40.3 Å². The molecule has 0 spiro atoms. The van der Waals surface area contributed by atoms with E-state index in [1.54, 1.807) is 12.1 Å². The molecule has 1 fully saturated rings. The maximum absolute atomic E-state index is 13.4. The molecule has 1 aromatic heterocycles. The number of halogens is 1. The van der Waals surface area contributed by atoms with E-state index in [2.05, 4.69) is 15.2 Å². The Balaban J connectivity index is 1.31. The fraction of sp³-hybridized carbons (Fsp3) is 0.214. The second-order valence-corrected chi connectivity index (χ2v) is 8.71. The number of oxazole rings is 1. The summed E-state index contributed by atoms with van der Waals surface area (Å²) in [5.41, 5.74) is 2.28. The largest absolute Gasteiger partial charge is 0.457 e. The molecule has 178 valence electrons. The summed E-state index contributed by atoms with van der Waals surface area (Å²) < 4.78 is 25.0. The number of rotatable bonds is 10. The van der Waals surface area contributed by atoms with Crippen molar-refractivity contribution in [2.75, 3.05) is 0 Å². The van der Waals surface area contributed by atoms with Crippen LogP contribution in [0.3, 0.4) is 0 Å². The molecule has 1 aliphatic carbocycles. The van der Waals surface area contributed by atoms with Crippen LogP contribution in [0.4, 0.5) is 4.39 Å². The quantitative estimate of drug-likeness (QED) is 0.321. The summed E-state index contributed by atoms with van der Waals surface area (Å²) in [6, 6.07) is 24.2. The monoisotopic (exact) mass is 471 g/mol. The molecule has 4 aromatic rings. The predicted octanol–water partition coefficient (Wildman–Crippen LogP) is 5.70. The van der Waals surface area contributed by atoms with Crippen LogP contribution in [-0.4, -0.2) is 21.8 Å². The number of nitrogens with one attached hydrogen (secondary N) is 1. The average Bonchev–Trinajstić information content (AvgIpc) is 3.55. The number of carbonyl (C=O) groups is 1. The molecule has 3 aromatic carbocycles. The van der Waals surface area contributed by atoms with E-state index in [1.165, 1.54) is 18.4 Å². The maximum Gasteiger partial charge on any atom is 0.273 e. The Kier molecular flexibility index (Phi) is 6.86. The van der Waals surface area contributed by atoms with E-state index in [9.17, 15) is 9.18 Å². The van der Waals surface area contributed by atoms with Crippen molar-refractivity contribution in [1.82, 2.24) is 15.2 Å². The molecule has 0 aliphatic heterocycles. The number of para-hydroxylation sites is 1. The van der Waals surface area contributed by atoms with Gasteiger partial charge in [-0.05, 0) is 60.4 Å². The number of nitrogens with zero attached hydrogens (tertiary/aromatic N) is 2. The second-order valence-electron chi connectivity index (χ2n) is 8.71. The minimum absolute atomic E-state index is 0.210. The van der Waals surface area contributed by atoms with Crippen LogP contribution in [0.15, 0.2) is 89.5 Å². The highest BCUT2D eigenvalue weighted by Gasteiger charge is 2.25. The van der Waals surface area contributed by atoms with Gasteiger partial charge in [0, 0.05) is 19.1 Å². The molecule has 0 bridgehead atoms. The van der Waals surface area contributed by atoms with E-state index in [0.717, 1.165) is 35.5 Å². The van der Waals surface area contributed by atoms with Crippen LogP contribution >= 0.6 is 0 Å². The van der Waals surface area contributed by atoms with Crippen LogP contribution in [0.25, 0.3) is 0 Å². The van der Waals surface area contributed by atoms with E-state index >= 15 is 0 Å². The Bertz CT molecular complexity index is 1270. The van der Waals surface area contributed by atoms with E-state index < -0.39 is 0 Å². The summed E-state index contributed by atoms with van der Waals surface area (Å²) in [5.74, 6) is 1.48. The molecule has 1 amide bonds. The van der Waals surface area contributed by atoms with Crippen LogP contribution < -0.4 is 10.1 Å². The minimum atomic E-state index is -0.273. The molecule has 1 N–H and O–H groups in total. The third-order valence-electron chi connectivity index (χ3n) is 5.66. The first-order chi connectivity index (χ1) is 17.1. The summed E-state index contributed by atoms with van der Waals surface area (Å²) in [6.07, 6.45) is 3.42. The van der Waals surface area contributed by atoms with E-state index in [-0.39, 0.29) is 23.5 Å². The van der Waals surface area contributed by atoms with Gasteiger partial charge in [-0.25, -0.2) is 9.37 Å². The SMILES string of the molecule is O=C(NC1CC1)c1coc(CN(Cc2ccc(F)cc2)Cc2cccc(Oc3ccccc3)c2)n1. The molecule has 0 saturated heterocycles. The molecule has 1 heterocycles. The van der Waals surface area contributed by atoms with Crippen LogP contribution in [-0.2, 0) is 19.6 Å². The molecule has 0 atom stereocenters. The van der Waals surface area contributed by atoms with Gasteiger partial charge >= 0.3 is 0 Å². The number of amides is 1. The Hall–Kier alpha value is -3.97. The van der Waals surface area contributed by atoms with Crippen molar-refractivity contribution < 1.29 is 18.3 Å². The zero-order valence-electron chi connectivity index (χ0n) is 19.2. The van der Waals surface area contributed by atoms with Gasteiger partial charge in [0.1, 0.15) is 23.6 Å². The van der Waals surface area contributed by atoms with Crippen LogP contribution in [0.5, 0.6) is 11.5 Å². The highest BCUT2D eigenvalue weighted by Crippen LogP contribution is 2.24. The predicted molar refractivity (Wildman–Crippen MR) is 129 cm³/mol. The fourth-order valence-corrected chi connectivity index (χ4v) is 3.77. The van der Waals surface area contributed by atoms with Crippen molar-refractivity contribution in [3.05, 3.63) is 114 Å². The van der Waals surface area contributed by atoms with E-state index in [0.29, 0.717) is 25.5 Å². The van der Waals surface area contributed by atoms with Gasteiger partial charge in [0.05, 0.1) is 6.54 Å². The van der Waals surface area contributed by atoms with Crippen LogP contribution in [0, 0.1) is 5.82 Å². The Morgan fingerprint density at radius 1 is 0.943 bits per heavy atom. The smallest absolute Gasteiger partial charge is 0.273 e. The Morgan fingerprint density at radius 2 is 1.69 bits per heavy atom. The number of aromatic nitrogens is 1. The van der Waals surface area contributed by atoms with Crippen molar-refractivity contribution >= 4 is 5.91 Å². The molecule has 7 heteroatoms. The summed E-state index contributed by atoms with van der Waals surface area (Å²) in [7, 11) is 0. The van der Waals surface area contributed by atoms with E-state index in [4.69, 9.17) is 9.15 Å². The molecule has 5 rings (SSSR count). The van der Waals surface area contributed by atoms with Crippen molar-refractivity contribution in [1.29, 1.82) is 0 Å². The summed E-state index contributed by atoms with van der Waals surface area (Å²) in [5, 5.41) is 2.92. The summed E-state index contributed by atoms with van der Waals surface area (Å²) in [6.45, 7) is 1.52. The summed E-state index contributed by atoms with van der Waals surface area (Å²) in [4.78, 5) is 18.8. The molecule has 0 unspecified atom stereocenters. The first-order valence-electron chi connectivity index (χ1n) is 11.6. The number of hydrogen-bond donors (Lipinski definition) is 1. The van der Waals surface area contributed by atoms with Crippen LogP contribution in [0.2, 0.25) is 0 Å². The van der Waals surface area contributed by atoms with Gasteiger partial charge in [0.2, 0.25) is 5.89 Å². The van der Waals surface area contributed by atoms with E-state index in [1.807, 2.05) is 54.6 Å². The molecular weight excluding hydrogens is 445 g/mol. The molecule has 35 heavy (non-hydrogen) atoms. The highest BCUT2D eigenvalue weighted by molar-refractivity contribution is 5.92. The molecular formula is C28H26FN3O3. The molecule has 0 radical (unpaired) electrons. The number of benzene rings is 3. The van der Waals surface area contributed by atoms with Gasteiger partial charge in [-0.2, -0.15) is 0 Å². The van der Waals surface area contributed by atoms with Crippen molar-refractivity contribution in [2.45, 2.75) is 38.5 Å². The van der Waals surface area contributed by atoms with Gasteiger partial charge in [0.15, 0.2) is 5.69 Å². The number of hydrogen-bond acceptors (Lipinski definition) is 5. The van der Waals surface area contributed by atoms with Crippen molar-refractivity contribution in [2.24, 2.45) is 0 Å². The zero-order valence-corrected chi connectivity index (χ0v) is 19.2. The van der Waals surface area contributed by atoms with Gasteiger partial charge < -0.3 is 14.5 Å². The lowest BCUT2D eigenvalue weighted by Crippen LogP contribution is -2.26. The normalized spacial score (nSPS) is 13.1. The number of ether oxygens (including phenoxy) is 1. The number of carbonyl (C=O) groups excluding carboxylic acids is 1. The van der Waals surface area contributed by atoms with Crippen molar-refractivity contribution in [3.63, 3.8) is 0 Å². The van der Waals surface area contributed by atoms with Gasteiger partial charge in [-0.1, -0.05) is 42.5 Å². The van der Waals surface area contributed by atoms with Gasteiger partial charge in [-0.3, -0.25) is 9.69 Å². The first kappa shape index (κ1) is 22.8. The maximum atomic E-state index is 13.4. The third kappa shape index (κ3) is 6.55. The van der Waals surface area contributed by atoms with Gasteiger partial charge in [0.25, 0.3) is 5.91 Å². The summed E-state index contributed by atoms with van der Waals surface area (Å²) >= 11 is 0. The fourth-order valence-electron chi connectivity index (χ4n) is 3.77. The Labute approximate surface area is 203 Å². The lowest BCUT2D eigenvalue weighted by Gasteiger charge is -2.21. The molecule has 6 nitrogen and oxygen atoms in total. The lowest BCUT2D eigenvalue weighted by atomic mass is 10.1. The zero-order chi connectivity index (χ0) is 24.0. The average molecular weight is 472 g/mol. The second kappa shape index (κ2) is 10.5. The molecule has 1 saturated carbocycles.